The average molecular weight is 204 g/mol. The predicted molar refractivity (Wildman–Crippen MR) is 48.3 cm³/mol. The Morgan fingerprint density at radius 1 is 1.43 bits per heavy atom. The number of halogens is 2. The summed E-state index contributed by atoms with van der Waals surface area (Å²) in [7, 11) is 0. The van der Waals surface area contributed by atoms with Gasteiger partial charge < -0.3 is 5.11 Å². The first kappa shape index (κ1) is 11.1. The molecule has 0 bridgehead atoms. The maximum Gasteiger partial charge on any atom is 0.248 e. The van der Waals surface area contributed by atoms with Gasteiger partial charge in [-0.3, -0.25) is 4.79 Å². The van der Waals surface area contributed by atoms with Crippen molar-refractivity contribution in [2.24, 2.45) is 5.92 Å². The Morgan fingerprint density at radius 2 is 1.93 bits per heavy atom. The van der Waals surface area contributed by atoms with E-state index in [1.807, 2.05) is 0 Å². The van der Waals surface area contributed by atoms with E-state index >= 15 is 0 Å². The second kappa shape index (κ2) is 4.07. The Bertz CT molecular complexity index is 249. The third kappa shape index (κ3) is 3.09. The molecule has 0 heterocycles. The van der Waals surface area contributed by atoms with Crippen LogP contribution >= 0.6 is 0 Å². The summed E-state index contributed by atoms with van der Waals surface area (Å²) < 4.78 is 25.5. The SMILES string of the molecule is CC(=O)C=C(O)C1CCC(F)(F)CC1. The Kier molecular flexibility index (Phi) is 3.24. The lowest BCUT2D eigenvalue weighted by molar-refractivity contribution is -0.112. The molecule has 2 nitrogen and oxygen atoms in total. The van der Waals surface area contributed by atoms with Crippen molar-refractivity contribution >= 4 is 5.78 Å². The van der Waals surface area contributed by atoms with Crippen LogP contribution in [0.2, 0.25) is 0 Å². The molecule has 1 saturated carbocycles. The maximum absolute atomic E-state index is 12.7. The van der Waals surface area contributed by atoms with E-state index in [2.05, 4.69) is 0 Å². The molecule has 14 heavy (non-hydrogen) atoms. The van der Waals surface area contributed by atoms with Gasteiger partial charge in [0.1, 0.15) is 0 Å². The van der Waals surface area contributed by atoms with E-state index in [0.717, 1.165) is 6.08 Å². The first-order chi connectivity index (χ1) is 6.41. The van der Waals surface area contributed by atoms with Crippen LogP contribution in [0.4, 0.5) is 8.78 Å². The van der Waals surface area contributed by atoms with Crippen LogP contribution in [0.25, 0.3) is 0 Å². The molecule has 0 spiro atoms. The summed E-state index contributed by atoms with van der Waals surface area (Å²) in [4.78, 5) is 10.6. The molecular formula is C10H14F2O2. The van der Waals surface area contributed by atoms with Crippen LogP contribution < -0.4 is 0 Å². The summed E-state index contributed by atoms with van der Waals surface area (Å²) in [6.07, 6.45) is 1.22. The first-order valence-electron chi connectivity index (χ1n) is 4.70. The molecule has 1 fully saturated rings. The highest BCUT2D eigenvalue weighted by molar-refractivity contribution is 5.87. The van der Waals surface area contributed by atoms with Gasteiger partial charge in [-0.2, -0.15) is 0 Å². The molecular weight excluding hydrogens is 190 g/mol. The van der Waals surface area contributed by atoms with Gasteiger partial charge in [0.25, 0.3) is 0 Å². The van der Waals surface area contributed by atoms with Crippen molar-refractivity contribution in [3.8, 4) is 0 Å². The minimum atomic E-state index is -2.59. The van der Waals surface area contributed by atoms with Crippen molar-refractivity contribution in [3.05, 3.63) is 11.8 Å². The van der Waals surface area contributed by atoms with Crippen LogP contribution in [0.5, 0.6) is 0 Å². The van der Waals surface area contributed by atoms with Gasteiger partial charge in [-0.05, 0) is 19.8 Å². The average Bonchev–Trinajstić information content (AvgIpc) is 2.02. The summed E-state index contributed by atoms with van der Waals surface area (Å²) in [5.74, 6) is -3.15. The van der Waals surface area contributed by atoms with E-state index in [1.165, 1.54) is 6.92 Å². The molecule has 0 saturated heterocycles. The standard InChI is InChI=1S/C10H14F2O2/c1-7(13)6-9(14)8-2-4-10(11,12)5-3-8/h6,8,14H,2-5H2,1H3. The quantitative estimate of drug-likeness (QED) is 0.554. The molecule has 0 radical (unpaired) electrons. The van der Waals surface area contributed by atoms with Crippen LogP contribution in [0.1, 0.15) is 32.6 Å². The molecule has 0 amide bonds. The number of hydrogen-bond donors (Lipinski definition) is 1. The van der Waals surface area contributed by atoms with E-state index in [1.54, 1.807) is 0 Å². The minimum absolute atomic E-state index is 0.0481. The first-order valence-corrected chi connectivity index (χ1v) is 4.70. The van der Waals surface area contributed by atoms with Gasteiger partial charge in [-0.25, -0.2) is 8.78 Å². The number of alkyl halides is 2. The van der Waals surface area contributed by atoms with E-state index in [-0.39, 0.29) is 43.1 Å². The third-order valence-corrected chi connectivity index (χ3v) is 2.49. The Hall–Kier alpha value is -0.930. The predicted octanol–water partition coefficient (Wildman–Crippen LogP) is 2.84. The van der Waals surface area contributed by atoms with Crippen LogP contribution in [-0.2, 0) is 4.79 Å². The summed E-state index contributed by atoms with van der Waals surface area (Å²) in [5, 5.41) is 9.41. The van der Waals surface area contributed by atoms with Crippen molar-refractivity contribution < 1.29 is 18.7 Å². The second-order valence-corrected chi connectivity index (χ2v) is 3.81. The van der Waals surface area contributed by atoms with Gasteiger partial charge in [-0.15, -0.1) is 0 Å². The van der Waals surface area contributed by atoms with Crippen molar-refractivity contribution in [2.45, 2.75) is 38.5 Å². The van der Waals surface area contributed by atoms with Crippen LogP contribution in [0.3, 0.4) is 0 Å². The molecule has 1 N–H and O–H groups in total. The zero-order valence-electron chi connectivity index (χ0n) is 8.09. The van der Waals surface area contributed by atoms with Gasteiger partial charge in [0.15, 0.2) is 5.78 Å². The number of carbonyl (C=O) groups is 1. The number of aliphatic hydroxyl groups excluding tert-OH is 1. The Balaban J connectivity index is 2.54. The molecule has 0 aromatic rings. The number of ketones is 1. The van der Waals surface area contributed by atoms with E-state index in [4.69, 9.17) is 0 Å². The maximum atomic E-state index is 12.7. The fourth-order valence-electron chi connectivity index (χ4n) is 1.66. The molecule has 0 aliphatic heterocycles. The molecule has 0 aromatic heterocycles. The van der Waals surface area contributed by atoms with Crippen molar-refractivity contribution in [2.75, 3.05) is 0 Å². The molecule has 0 atom stereocenters. The summed E-state index contributed by atoms with van der Waals surface area (Å²) >= 11 is 0. The number of rotatable bonds is 2. The third-order valence-electron chi connectivity index (χ3n) is 2.49. The Labute approximate surface area is 81.6 Å². The van der Waals surface area contributed by atoms with Crippen LogP contribution in [-0.4, -0.2) is 16.8 Å². The molecule has 1 aliphatic carbocycles. The lowest BCUT2D eigenvalue weighted by Gasteiger charge is -2.27. The van der Waals surface area contributed by atoms with Gasteiger partial charge in [0.05, 0.1) is 5.76 Å². The van der Waals surface area contributed by atoms with Crippen LogP contribution in [0.15, 0.2) is 11.8 Å². The highest BCUT2D eigenvalue weighted by Gasteiger charge is 2.36. The largest absolute Gasteiger partial charge is 0.512 e. The summed E-state index contributed by atoms with van der Waals surface area (Å²) in [6, 6.07) is 0. The number of hydrogen-bond acceptors (Lipinski definition) is 2. The normalized spacial score (nSPS) is 23.5. The molecule has 1 rings (SSSR count). The minimum Gasteiger partial charge on any atom is -0.512 e. The second-order valence-electron chi connectivity index (χ2n) is 3.81. The van der Waals surface area contributed by atoms with Crippen LogP contribution in [0, 0.1) is 5.92 Å². The van der Waals surface area contributed by atoms with E-state index in [9.17, 15) is 18.7 Å². The highest BCUT2D eigenvalue weighted by Crippen LogP contribution is 2.38. The number of allylic oxidation sites excluding steroid dienone is 2. The lowest BCUT2D eigenvalue weighted by Crippen LogP contribution is -2.25. The molecule has 0 unspecified atom stereocenters. The number of aliphatic hydroxyl groups is 1. The summed E-state index contributed by atoms with van der Waals surface area (Å²) in [5.41, 5.74) is 0. The molecule has 80 valence electrons. The fraction of sp³-hybridized carbons (Fsp3) is 0.700. The smallest absolute Gasteiger partial charge is 0.248 e. The fourth-order valence-corrected chi connectivity index (χ4v) is 1.66. The van der Waals surface area contributed by atoms with Gasteiger partial charge in [-0.1, -0.05) is 0 Å². The molecule has 0 aromatic carbocycles. The van der Waals surface area contributed by atoms with Crippen molar-refractivity contribution in [1.82, 2.24) is 0 Å². The Morgan fingerprint density at radius 3 is 2.36 bits per heavy atom. The van der Waals surface area contributed by atoms with Crippen molar-refractivity contribution in [1.29, 1.82) is 0 Å². The van der Waals surface area contributed by atoms with Crippen molar-refractivity contribution in [3.63, 3.8) is 0 Å². The topological polar surface area (TPSA) is 37.3 Å². The monoisotopic (exact) mass is 204 g/mol. The van der Waals surface area contributed by atoms with Gasteiger partial charge in [0, 0.05) is 24.8 Å². The van der Waals surface area contributed by atoms with E-state index in [0.29, 0.717) is 0 Å². The number of carbonyl (C=O) groups excluding carboxylic acids is 1. The lowest BCUT2D eigenvalue weighted by atomic mass is 9.85. The zero-order valence-corrected chi connectivity index (χ0v) is 8.09. The highest BCUT2D eigenvalue weighted by atomic mass is 19.3. The summed E-state index contributed by atoms with van der Waals surface area (Å²) in [6.45, 7) is 1.33. The van der Waals surface area contributed by atoms with E-state index < -0.39 is 5.92 Å². The zero-order chi connectivity index (χ0) is 10.8. The van der Waals surface area contributed by atoms with Gasteiger partial charge >= 0.3 is 0 Å². The molecule has 1 aliphatic rings. The van der Waals surface area contributed by atoms with Gasteiger partial charge in [0.2, 0.25) is 5.92 Å². The molecule has 4 heteroatoms.